The highest BCUT2D eigenvalue weighted by molar-refractivity contribution is 5.62. The molecule has 0 fully saturated rings. The van der Waals surface area contributed by atoms with Crippen LogP contribution in [0.2, 0.25) is 0 Å². The van der Waals surface area contributed by atoms with Gasteiger partial charge >= 0.3 is 0 Å². The maximum atomic E-state index is 9.66. The van der Waals surface area contributed by atoms with Crippen molar-refractivity contribution in [3.05, 3.63) is 53.6 Å². The average Bonchev–Trinajstić information content (AvgIpc) is 2.46. The third-order valence-electron chi connectivity index (χ3n) is 4.41. The number of likely N-dealkylation sites (N-methyl/N-ethyl adjacent to an activating group) is 1. The molecular weight excluding hydrogens is 286 g/mol. The number of ether oxygens (including phenoxy) is 1. The molecule has 3 rings (SSSR count). The molecule has 1 heterocycles. The number of rotatable bonds is 2. The van der Waals surface area contributed by atoms with Crippen molar-refractivity contribution in [2.75, 3.05) is 18.5 Å². The van der Waals surface area contributed by atoms with Crippen molar-refractivity contribution >= 4 is 5.69 Å². The van der Waals surface area contributed by atoms with Gasteiger partial charge in [-0.25, -0.2) is 0 Å². The van der Waals surface area contributed by atoms with Gasteiger partial charge in [0.25, 0.3) is 0 Å². The van der Waals surface area contributed by atoms with Crippen LogP contribution in [0.5, 0.6) is 11.5 Å². The van der Waals surface area contributed by atoms with Gasteiger partial charge in [0.15, 0.2) is 0 Å². The van der Waals surface area contributed by atoms with Crippen LogP contribution in [-0.4, -0.2) is 24.8 Å². The van der Waals surface area contributed by atoms with E-state index in [0.29, 0.717) is 0 Å². The Balaban J connectivity index is 1.74. The van der Waals surface area contributed by atoms with E-state index < -0.39 is 0 Å². The van der Waals surface area contributed by atoms with Crippen LogP contribution in [0.4, 0.5) is 5.69 Å². The van der Waals surface area contributed by atoms with E-state index in [1.165, 1.54) is 11.1 Å². The molecule has 3 heteroatoms. The molecule has 0 saturated carbocycles. The molecule has 0 bridgehead atoms. The standard InChI is InChI=1S/C20H25NO2/c1-20(2,3)15-7-5-14(6-8-15)11-17-13-21(4)18-10-9-16(22)12-19(18)23-17/h5-10,12,17,22H,11,13H2,1-4H3. The number of anilines is 1. The summed E-state index contributed by atoms with van der Waals surface area (Å²) in [5.74, 6) is 1.00. The third-order valence-corrected chi connectivity index (χ3v) is 4.41. The van der Waals surface area contributed by atoms with E-state index in [1.807, 2.05) is 6.07 Å². The second kappa shape index (κ2) is 5.80. The van der Waals surface area contributed by atoms with E-state index in [9.17, 15) is 5.11 Å². The predicted molar refractivity (Wildman–Crippen MR) is 94.6 cm³/mol. The van der Waals surface area contributed by atoms with Gasteiger partial charge in [-0.15, -0.1) is 0 Å². The van der Waals surface area contributed by atoms with Crippen LogP contribution in [0.25, 0.3) is 0 Å². The number of nitrogens with zero attached hydrogens (tertiary/aromatic N) is 1. The fourth-order valence-corrected chi connectivity index (χ4v) is 3.04. The Kier molecular flexibility index (Phi) is 3.97. The fourth-order valence-electron chi connectivity index (χ4n) is 3.04. The fraction of sp³-hybridized carbons (Fsp3) is 0.400. The molecule has 1 atom stereocenters. The number of hydrogen-bond donors (Lipinski definition) is 1. The lowest BCUT2D eigenvalue weighted by atomic mass is 9.86. The number of fused-ring (bicyclic) bond motifs is 1. The van der Waals surface area contributed by atoms with Crippen LogP contribution in [0, 0.1) is 0 Å². The molecule has 0 amide bonds. The largest absolute Gasteiger partial charge is 0.508 e. The monoisotopic (exact) mass is 311 g/mol. The molecule has 2 aromatic rings. The topological polar surface area (TPSA) is 32.7 Å². The van der Waals surface area contributed by atoms with E-state index >= 15 is 0 Å². The molecule has 0 saturated heterocycles. The molecule has 1 N–H and O–H groups in total. The van der Waals surface area contributed by atoms with E-state index in [2.05, 4.69) is 57.0 Å². The van der Waals surface area contributed by atoms with E-state index in [-0.39, 0.29) is 17.3 Å². The minimum atomic E-state index is 0.0924. The lowest BCUT2D eigenvalue weighted by Crippen LogP contribution is -2.38. The van der Waals surface area contributed by atoms with Crippen molar-refractivity contribution < 1.29 is 9.84 Å². The van der Waals surface area contributed by atoms with Gasteiger partial charge in [-0.3, -0.25) is 0 Å². The first-order chi connectivity index (χ1) is 10.8. The summed E-state index contributed by atoms with van der Waals surface area (Å²) in [7, 11) is 2.06. The Bertz CT molecular complexity index is 686. The number of benzene rings is 2. The zero-order valence-corrected chi connectivity index (χ0v) is 14.3. The highest BCUT2D eigenvalue weighted by atomic mass is 16.5. The zero-order chi connectivity index (χ0) is 16.6. The maximum Gasteiger partial charge on any atom is 0.146 e. The van der Waals surface area contributed by atoms with E-state index in [0.717, 1.165) is 24.4 Å². The van der Waals surface area contributed by atoms with Gasteiger partial charge in [-0.1, -0.05) is 45.0 Å². The van der Waals surface area contributed by atoms with Gasteiger partial charge in [0, 0.05) is 19.5 Å². The van der Waals surface area contributed by atoms with Crippen molar-refractivity contribution in [2.45, 2.75) is 38.7 Å². The SMILES string of the molecule is CN1CC(Cc2ccc(C(C)(C)C)cc2)Oc2cc(O)ccc21. The average molecular weight is 311 g/mol. The molecule has 0 radical (unpaired) electrons. The molecule has 122 valence electrons. The summed E-state index contributed by atoms with van der Waals surface area (Å²) in [6.07, 6.45) is 0.957. The van der Waals surface area contributed by atoms with Gasteiger partial charge < -0.3 is 14.7 Å². The predicted octanol–water partition coefficient (Wildman–Crippen LogP) is 4.13. The summed E-state index contributed by atoms with van der Waals surface area (Å²) in [4.78, 5) is 2.19. The number of aromatic hydroxyl groups is 1. The lowest BCUT2D eigenvalue weighted by molar-refractivity contribution is 0.195. The molecule has 0 spiro atoms. The molecule has 0 aromatic heterocycles. The summed E-state index contributed by atoms with van der Waals surface area (Å²) in [6.45, 7) is 7.53. The van der Waals surface area contributed by atoms with Gasteiger partial charge in [0.05, 0.1) is 12.2 Å². The smallest absolute Gasteiger partial charge is 0.146 e. The van der Waals surface area contributed by atoms with Gasteiger partial charge in [0.1, 0.15) is 17.6 Å². The Hall–Kier alpha value is -2.16. The quantitative estimate of drug-likeness (QED) is 0.905. The van der Waals surface area contributed by atoms with Crippen LogP contribution >= 0.6 is 0 Å². The third kappa shape index (κ3) is 3.44. The van der Waals surface area contributed by atoms with Crippen molar-refractivity contribution in [1.82, 2.24) is 0 Å². The van der Waals surface area contributed by atoms with Crippen LogP contribution in [-0.2, 0) is 11.8 Å². The normalized spacial score (nSPS) is 17.6. The first-order valence-corrected chi connectivity index (χ1v) is 8.13. The van der Waals surface area contributed by atoms with Crippen LogP contribution < -0.4 is 9.64 Å². The second-order valence-electron chi connectivity index (χ2n) is 7.42. The first kappa shape index (κ1) is 15.7. The van der Waals surface area contributed by atoms with Gasteiger partial charge in [0.2, 0.25) is 0 Å². The van der Waals surface area contributed by atoms with Crippen molar-refractivity contribution in [3.63, 3.8) is 0 Å². The molecule has 1 unspecified atom stereocenters. The summed E-state index contributed by atoms with van der Waals surface area (Å²) >= 11 is 0. The molecule has 1 aliphatic heterocycles. The highest BCUT2D eigenvalue weighted by Gasteiger charge is 2.24. The van der Waals surface area contributed by atoms with Crippen molar-refractivity contribution in [1.29, 1.82) is 0 Å². The van der Waals surface area contributed by atoms with Crippen LogP contribution in [0.3, 0.4) is 0 Å². The number of phenolic OH excluding ortho intramolecular Hbond substituents is 1. The van der Waals surface area contributed by atoms with Crippen LogP contribution in [0.1, 0.15) is 31.9 Å². The van der Waals surface area contributed by atoms with E-state index in [1.54, 1.807) is 12.1 Å². The Morgan fingerprint density at radius 1 is 1.13 bits per heavy atom. The van der Waals surface area contributed by atoms with Gasteiger partial charge in [-0.2, -0.15) is 0 Å². The Morgan fingerprint density at radius 2 is 1.83 bits per heavy atom. The molecule has 3 nitrogen and oxygen atoms in total. The Morgan fingerprint density at radius 3 is 2.48 bits per heavy atom. The molecule has 0 aliphatic carbocycles. The summed E-state index contributed by atoms with van der Waals surface area (Å²) < 4.78 is 6.08. The molecule has 1 aliphatic rings. The lowest BCUT2D eigenvalue weighted by Gasteiger charge is -2.34. The zero-order valence-electron chi connectivity index (χ0n) is 14.3. The minimum Gasteiger partial charge on any atom is -0.508 e. The maximum absolute atomic E-state index is 9.66. The Labute approximate surface area is 138 Å². The number of hydrogen-bond acceptors (Lipinski definition) is 3. The first-order valence-electron chi connectivity index (χ1n) is 8.13. The van der Waals surface area contributed by atoms with Crippen LogP contribution in [0.15, 0.2) is 42.5 Å². The van der Waals surface area contributed by atoms with Gasteiger partial charge in [-0.05, 0) is 28.7 Å². The highest BCUT2D eigenvalue weighted by Crippen LogP contribution is 2.36. The molecule has 2 aromatic carbocycles. The summed E-state index contributed by atoms with van der Waals surface area (Å²) in [5, 5.41) is 9.66. The minimum absolute atomic E-state index is 0.0924. The summed E-state index contributed by atoms with van der Waals surface area (Å²) in [6, 6.07) is 14.1. The number of phenols is 1. The van der Waals surface area contributed by atoms with Crippen molar-refractivity contribution in [2.24, 2.45) is 0 Å². The second-order valence-corrected chi connectivity index (χ2v) is 7.42. The van der Waals surface area contributed by atoms with E-state index in [4.69, 9.17) is 4.74 Å². The van der Waals surface area contributed by atoms with Crippen molar-refractivity contribution in [3.8, 4) is 11.5 Å². The molecular formula is C20H25NO2. The summed E-state index contributed by atoms with van der Waals surface area (Å²) in [5.41, 5.74) is 3.83. The molecule has 23 heavy (non-hydrogen) atoms.